The highest BCUT2D eigenvalue weighted by molar-refractivity contribution is 5.91. The van der Waals surface area contributed by atoms with Gasteiger partial charge in [-0.25, -0.2) is 10.1 Å². The second kappa shape index (κ2) is 5.19. The Kier molecular flexibility index (Phi) is 4.12. The second-order valence-corrected chi connectivity index (χ2v) is 4.69. The van der Waals surface area contributed by atoms with Gasteiger partial charge in [0.05, 0.1) is 0 Å². The van der Waals surface area contributed by atoms with Gasteiger partial charge in [0.25, 0.3) is 0 Å². The molecule has 1 aromatic rings. The van der Waals surface area contributed by atoms with Gasteiger partial charge in [-0.1, -0.05) is 33.8 Å². The lowest BCUT2D eigenvalue weighted by Crippen LogP contribution is -2.07. The standard InChI is InChI=1S/C13H18O4/c1-7(2)9-5-10(8(3)4)12(17-16)11(6-9)13(14)15/h5-8,16H,1-4H3,(H,14,15). The molecule has 0 aliphatic heterocycles. The topological polar surface area (TPSA) is 66.8 Å². The number of carboxylic acid groups (broad SMARTS) is 1. The third-order valence-corrected chi connectivity index (χ3v) is 2.75. The summed E-state index contributed by atoms with van der Waals surface area (Å²) in [4.78, 5) is 15.4. The van der Waals surface area contributed by atoms with Crippen LogP contribution in [0.25, 0.3) is 0 Å². The first-order valence-corrected chi connectivity index (χ1v) is 5.61. The van der Waals surface area contributed by atoms with E-state index in [9.17, 15) is 4.79 Å². The van der Waals surface area contributed by atoms with Crippen LogP contribution in [0.1, 0.15) is 61.0 Å². The SMILES string of the molecule is CC(C)c1cc(C(=O)O)c(OO)c(C(C)C)c1. The van der Waals surface area contributed by atoms with E-state index in [1.54, 1.807) is 6.07 Å². The molecule has 0 unspecified atom stereocenters. The first-order valence-electron chi connectivity index (χ1n) is 5.61. The fourth-order valence-corrected chi connectivity index (χ4v) is 1.70. The van der Waals surface area contributed by atoms with Crippen LogP contribution >= 0.6 is 0 Å². The number of hydrogen-bond donors (Lipinski definition) is 2. The molecule has 2 N–H and O–H groups in total. The van der Waals surface area contributed by atoms with Crippen molar-refractivity contribution in [2.45, 2.75) is 39.5 Å². The Morgan fingerprint density at radius 2 is 1.76 bits per heavy atom. The van der Waals surface area contributed by atoms with Crippen molar-refractivity contribution >= 4 is 5.97 Å². The predicted molar refractivity (Wildman–Crippen MR) is 64.8 cm³/mol. The summed E-state index contributed by atoms with van der Waals surface area (Å²) >= 11 is 0. The van der Waals surface area contributed by atoms with Gasteiger partial charge in [-0.3, -0.25) is 0 Å². The minimum Gasteiger partial charge on any atom is -0.478 e. The van der Waals surface area contributed by atoms with Crippen LogP contribution in [0.4, 0.5) is 0 Å². The molecular weight excluding hydrogens is 220 g/mol. The summed E-state index contributed by atoms with van der Waals surface area (Å²) < 4.78 is 0. The monoisotopic (exact) mass is 238 g/mol. The van der Waals surface area contributed by atoms with Crippen molar-refractivity contribution in [2.24, 2.45) is 0 Å². The molecule has 0 amide bonds. The summed E-state index contributed by atoms with van der Waals surface area (Å²) in [6.07, 6.45) is 0. The second-order valence-electron chi connectivity index (χ2n) is 4.69. The van der Waals surface area contributed by atoms with Gasteiger partial charge in [0.15, 0.2) is 5.75 Å². The molecule has 0 radical (unpaired) electrons. The van der Waals surface area contributed by atoms with Crippen molar-refractivity contribution in [1.29, 1.82) is 0 Å². The molecular formula is C13H18O4. The smallest absolute Gasteiger partial charge is 0.339 e. The average molecular weight is 238 g/mol. The van der Waals surface area contributed by atoms with Gasteiger partial charge in [0, 0.05) is 5.56 Å². The number of carbonyl (C=O) groups is 1. The van der Waals surface area contributed by atoms with Gasteiger partial charge in [-0.2, -0.15) is 0 Å². The number of benzene rings is 1. The largest absolute Gasteiger partial charge is 0.478 e. The van der Waals surface area contributed by atoms with E-state index in [0.717, 1.165) is 5.56 Å². The van der Waals surface area contributed by atoms with E-state index in [2.05, 4.69) is 4.89 Å². The van der Waals surface area contributed by atoms with Gasteiger partial charge in [-0.15, -0.1) is 0 Å². The lowest BCUT2D eigenvalue weighted by molar-refractivity contribution is -0.139. The fourth-order valence-electron chi connectivity index (χ4n) is 1.70. The summed E-state index contributed by atoms with van der Waals surface area (Å²) in [5, 5.41) is 18.0. The van der Waals surface area contributed by atoms with Crippen LogP contribution in [-0.2, 0) is 0 Å². The lowest BCUT2D eigenvalue weighted by Gasteiger charge is -2.16. The average Bonchev–Trinajstić information content (AvgIpc) is 2.26. The predicted octanol–water partition coefficient (Wildman–Crippen LogP) is 3.48. The van der Waals surface area contributed by atoms with Gasteiger partial charge < -0.3 is 9.99 Å². The van der Waals surface area contributed by atoms with Crippen molar-refractivity contribution in [3.63, 3.8) is 0 Å². The Bertz CT molecular complexity index is 422. The third kappa shape index (κ3) is 2.77. The molecule has 0 atom stereocenters. The molecule has 0 bridgehead atoms. The number of aromatic carboxylic acids is 1. The zero-order valence-electron chi connectivity index (χ0n) is 10.5. The Balaban J connectivity index is 3.51. The number of rotatable bonds is 4. The van der Waals surface area contributed by atoms with Crippen LogP contribution in [0.15, 0.2) is 12.1 Å². The van der Waals surface area contributed by atoms with Crippen LogP contribution in [0, 0.1) is 0 Å². The minimum atomic E-state index is -1.10. The summed E-state index contributed by atoms with van der Waals surface area (Å²) in [6, 6.07) is 3.43. The van der Waals surface area contributed by atoms with Crippen LogP contribution in [-0.4, -0.2) is 16.3 Å². The van der Waals surface area contributed by atoms with E-state index in [-0.39, 0.29) is 23.1 Å². The van der Waals surface area contributed by atoms with E-state index in [0.29, 0.717) is 5.56 Å². The summed E-state index contributed by atoms with van der Waals surface area (Å²) in [5.74, 6) is -0.761. The van der Waals surface area contributed by atoms with Crippen molar-refractivity contribution in [2.75, 3.05) is 0 Å². The van der Waals surface area contributed by atoms with Gasteiger partial charge in [-0.05, 0) is 23.5 Å². The van der Waals surface area contributed by atoms with Crippen LogP contribution in [0.5, 0.6) is 5.75 Å². The zero-order valence-corrected chi connectivity index (χ0v) is 10.5. The highest BCUT2D eigenvalue weighted by Crippen LogP contribution is 2.33. The maximum absolute atomic E-state index is 11.1. The maximum atomic E-state index is 11.1. The fraction of sp³-hybridized carbons (Fsp3) is 0.462. The molecule has 1 rings (SSSR count). The Hall–Kier alpha value is -1.55. The molecule has 17 heavy (non-hydrogen) atoms. The molecule has 4 heteroatoms. The van der Waals surface area contributed by atoms with Gasteiger partial charge >= 0.3 is 5.97 Å². The molecule has 0 saturated heterocycles. The first kappa shape index (κ1) is 13.5. The van der Waals surface area contributed by atoms with Crippen molar-refractivity contribution in [3.05, 3.63) is 28.8 Å². The Morgan fingerprint density at radius 3 is 2.12 bits per heavy atom. The van der Waals surface area contributed by atoms with E-state index in [1.807, 2.05) is 33.8 Å². The van der Waals surface area contributed by atoms with Crippen molar-refractivity contribution < 1.29 is 20.0 Å². The summed E-state index contributed by atoms with van der Waals surface area (Å²) in [6.45, 7) is 7.83. The number of carboxylic acids is 1. The molecule has 0 aliphatic carbocycles. The highest BCUT2D eigenvalue weighted by atomic mass is 17.1. The number of hydrogen-bond acceptors (Lipinski definition) is 3. The Labute approximate surface area is 101 Å². The lowest BCUT2D eigenvalue weighted by atomic mass is 9.92. The summed E-state index contributed by atoms with van der Waals surface area (Å²) in [5.41, 5.74) is 1.63. The molecule has 0 saturated carbocycles. The van der Waals surface area contributed by atoms with Crippen LogP contribution < -0.4 is 4.89 Å². The van der Waals surface area contributed by atoms with E-state index >= 15 is 0 Å². The normalized spacial score (nSPS) is 11.0. The highest BCUT2D eigenvalue weighted by Gasteiger charge is 2.20. The quantitative estimate of drug-likeness (QED) is 0.622. The molecule has 94 valence electrons. The minimum absolute atomic E-state index is 0.00222. The Morgan fingerprint density at radius 1 is 1.18 bits per heavy atom. The molecule has 4 nitrogen and oxygen atoms in total. The van der Waals surface area contributed by atoms with E-state index in [1.165, 1.54) is 0 Å². The first-order chi connectivity index (χ1) is 7.88. The molecule has 0 spiro atoms. The maximum Gasteiger partial charge on any atom is 0.339 e. The third-order valence-electron chi connectivity index (χ3n) is 2.75. The van der Waals surface area contributed by atoms with Crippen molar-refractivity contribution in [1.82, 2.24) is 0 Å². The molecule has 0 aromatic heterocycles. The van der Waals surface area contributed by atoms with Gasteiger partial charge in [0.2, 0.25) is 0 Å². The van der Waals surface area contributed by atoms with E-state index in [4.69, 9.17) is 10.4 Å². The molecule has 1 aromatic carbocycles. The van der Waals surface area contributed by atoms with E-state index < -0.39 is 5.97 Å². The molecule has 0 aliphatic rings. The van der Waals surface area contributed by atoms with Crippen LogP contribution in [0.3, 0.4) is 0 Å². The summed E-state index contributed by atoms with van der Waals surface area (Å²) in [7, 11) is 0. The molecule has 0 fully saturated rings. The van der Waals surface area contributed by atoms with Crippen molar-refractivity contribution in [3.8, 4) is 5.75 Å². The van der Waals surface area contributed by atoms with Crippen LogP contribution in [0.2, 0.25) is 0 Å². The zero-order chi connectivity index (χ0) is 13.2. The molecule has 0 heterocycles. The van der Waals surface area contributed by atoms with Gasteiger partial charge in [0.1, 0.15) is 5.56 Å².